The number of ether oxygens (including phenoxy) is 2. The second-order valence-electron chi connectivity index (χ2n) is 5.82. The number of hydrogen-bond donors (Lipinski definition) is 0. The van der Waals surface area contributed by atoms with E-state index in [2.05, 4.69) is 6.92 Å². The number of carbonyl (C=O) groups is 2. The lowest BCUT2D eigenvalue weighted by Gasteiger charge is -2.12. The van der Waals surface area contributed by atoms with E-state index < -0.39 is 0 Å². The van der Waals surface area contributed by atoms with Crippen LogP contribution in [0.25, 0.3) is 0 Å². The quantitative estimate of drug-likeness (QED) is 0.349. The van der Waals surface area contributed by atoms with Crippen molar-refractivity contribution in [3.8, 4) is 11.5 Å². The Morgan fingerprint density at radius 3 is 2.17 bits per heavy atom. The molecule has 128 valence electrons. The molecule has 0 radical (unpaired) electrons. The first-order valence-corrected chi connectivity index (χ1v) is 8.59. The summed E-state index contributed by atoms with van der Waals surface area (Å²) in [6.07, 6.45) is 6.48. The number of esters is 2. The van der Waals surface area contributed by atoms with E-state index in [1.54, 1.807) is 24.3 Å². The summed E-state index contributed by atoms with van der Waals surface area (Å²) in [7, 11) is 0. The third kappa shape index (κ3) is 7.31. The zero-order chi connectivity index (χ0) is 17.1. The molecule has 0 aliphatic carbocycles. The van der Waals surface area contributed by atoms with E-state index in [1.165, 1.54) is 12.8 Å². The van der Waals surface area contributed by atoms with Gasteiger partial charge in [-0.1, -0.05) is 58.6 Å². The van der Waals surface area contributed by atoms with Crippen LogP contribution in [0.1, 0.15) is 65.7 Å². The molecule has 0 aliphatic heterocycles. The van der Waals surface area contributed by atoms with Crippen molar-refractivity contribution in [3.63, 3.8) is 0 Å². The summed E-state index contributed by atoms with van der Waals surface area (Å²) in [5.41, 5.74) is 0. The largest absolute Gasteiger partial charge is 0.423 e. The second kappa shape index (κ2) is 10.8. The summed E-state index contributed by atoms with van der Waals surface area (Å²) in [5, 5.41) is 0. The summed E-state index contributed by atoms with van der Waals surface area (Å²) < 4.78 is 10.7. The number of carbonyl (C=O) groups excluding carboxylic acids is 2. The molecular formula is C19H28O4. The van der Waals surface area contributed by atoms with Crippen molar-refractivity contribution in [3.05, 3.63) is 24.3 Å². The number of rotatable bonds is 10. The minimum absolute atomic E-state index is 0.183. The van der Waals surface area contributed by atoms with Crippen LogP contribution in [0.4, 0.5) is 0 Å². The highest BCUT2D eigenvalue weighted by Gasteiger charge is 2.17. The molecule has 4 heteroatoms. The minimum Gasteiger partial charge on any atom is -0.423 e. The van der Waals surface area contributed by atoms with Gasteiger partial charge in [-0.05, 0) is 25.0 Å². The lowest BCUT2D eigenvalue weighted by Crippen LogP contribution is -2.18. The van der Waals surface area contributed by atoms with Gasteiger partial charge in [-0.3, -0.25) is 9.59 Å². The summed E-state index contributed by atoms with van der Waals surface area (Å²) in [6.45, 7) is 5.90. The normalized spacial score (nSPS) is 11.8. The van der Waals surface area contributed by atoms with E-state index in [-0.39, 0.29) is 17.9 Å². The topological polar surface area (TPSA) is 52.6 Å². The molecule has 0 spiro atoms. The van der Waals surface area contributed by atoms with Crippen molar-refractivity contribution in [2.45, 2.75) is 65.7 Å². The maximum Gasteiger partial charge on any atom is 0.314 e. The zero-order valence-corrected chi connectivity index (χ0v) is 14.5. The Kier molecular flexibility index (Phi) is 9.03. The van der Waals surface area contributed by atoms with E-state index in [4.69, 9.17) is 9.47 Å². The summed E-state index contributed by atoms with van der Waals surface area (Å²) >= 11 is 0. The number of unbranched alkanes of at least 4 members (excludes halogenated alkanes) is 4. The van der Waals surface area contributed by atoms with Gasteiger partial charge in [0.25, 0.3) is 0 Å². The third-order valence-corrected chi connectivity index (χ3v) is 3.78. The van der Waals surface area contributed by atoms with Crippen molar-refractivity contribution in [1.82, 2.24) is 0 Å². The molecule has 0 heterocycles. The lowest BCUT2D eigenvalue weighted by atomic mass is 10.1. The highest BCUT2D eigenvalue weighted by Crippen LogP contribution is 2.28. The summed E-state index contributed by atoms with van der Waals surface area (Å²) in [6, 6.07) is 6.80. The average molecular weight is 320 g/mol. The molecule has 0 N–H and O–H groups in total. The number of hydrogen-bond acceptors (Lipinski definition) is 4. The van der Waals surface area contributed by atoms with Gasteiger partial charge in [0.1, 0.15) is 0 Å². The fraction of sp³-hybridized carbons (Fsp3) is 0.579. The highest BCUT2D eigenvalue weighted by atomic mass is 16.6. The van der Waals surface area contributed by atoms with Crippen molar-refractivity contribution in [2.75, 3.05) is 0 Å². The van der Waals surface area contributed by atoms with Gasteiger partial charge >= 0.3 is 11.9 Å². The van der Waals surface area contributed by atoms with E-state index in [0.717, 1.165) is 19.3 Å². The Morgan fingerprint density at radius 1 is 0.957 bits per heavy atom. The van der Waals surface area contributed by atoms with Crippen LogP contribution in [0.3, 0.4) is 0 Å². The SMILES string of the molecule is CCCCCCCC(=O)Oc1ccccc1OC(=O)C(C)CC. The fourth-order valence-corrected chi connectivity index (χ4v) is 2.04. The second-order valence-corrected chi connectivity index (χ2v) is 5.82. The molecule has 0 bridgehead atoms. The molecule has 1 atom stereocenters. The predicted octanol–water partition coefficient (Wildman–Crippen LogP) is 4.90. The van der Waals surface area contributed by atoms with Gasteiger partial charge < -0.3 is 9.47 Å². The van der Waals surface area contributed by atoms with Crippen LogP contribution in [0.5, 0.6) is 11.5 Å². The average Bonchev–Trinajstić information content (AvgIpc) is 2.55. The molecule has 1 rings (SSSR count). The summed E-state index contributed by atoms with van der Waals surface area (Å²) in [5.74, 6) is -0.165. The minimum atomic E-state index is -0.310. The van der Waals surface area contributed by atoms with Gasteiger partial charge in [0.15, 0.2) is 11.5 Å². The van der Waals surface area contributed by atoms with Crippen molar-refractivity contribution < 1.29 is 19.1 Å². The first-order valence-electron chi connectivity index (χ1n) is 8.59. The third-order valence-electron chi connectivity index (χ3n) is 3.78. The van der Waals surface area contributed by atoms with Gasteiger partial charge in [0.2, 0.25) is 0 Å². The fourth-order valence-electron chi connectivity index (χ4n) is 2.04. The van der Waals surface area contributed by atoms with E-state index in [0.29, 0.717) is 24.3 Å². The van der Waals surface area contributed by atoms with Crippen LogP contribution in [0.2, 0.25) is 0 Å². The smallest absolute Gasteiger partial charge is 0.314 e. The lowest BCUT2D eigenvalue weighted by molar-refractivity contribution is -0.139. The van der Waals surface area contributed by atoms with E-state index in [9.17, 15) is 9.59 Å². The maximum absolute atomic E-state index is 11.9. The van der Waals surface area contributed by atoms with Crippen molar-refractivity contribution >= 4 is 11.9 Å². The molecule has 4 nitrogen and oxygen atoms in total. The Labute approximate surface area is 139 Å². The Bertz CT molecular complexity index is 496. The van der Waals surface area contributed by atoms with Crippen LogP contribution >= 0.6 is 0 Å². The van der Waals surface area contributed by atoms with Crippen LogP contribution in [-0.2, 0) is 9.59 Å². The van der Waals surface area contributed by atoms with Gasteiger partial charge in [-0.25, -0.2) is 0 Å². The molecule has 1 aromatic carbocycles. The molecule has 0 fully saturated rings. The maximum atomic E-state index is 11.9. The van der Waals surface area contributed by atoms with Gasteiger partial charge in [-0.2, -0.15) is 0 Å². The Hall–Kier alpha value is -1.84. The number of benzene rings is 1. The zero-order valence-electron chi connectivity index (χ0n) is 14.5. The molecule has 0 aromatic heterocycles. The van der Waals surface area contributed by atoms with Crippen LogP contribution in [0.15, 0.2) is 24.3 Å². The van der Waals surface area contributed by atoms with Gasteiger partial charge in [0, 0.05) is 6.42 Å². The molecule has 0 saturated heterocycles. The van der Waals surface area contributed by atoms with E-state index >= 15 is 0 Å². The first kappa shape index (κ1) is 19.2. The van der Waals surface area contributed by atoms with Gasteiger partial charge in [0.05, 0.1) is 5.92 Å². The predicted molar refractivity (Wildman–Crippen MR) is 90.5 cm³/mol. The molecule has 0 amide bonds. The Morgan fingerprint density at radius 2 is 1.57 bits per heavy atom. The van der Waals surface area contributed by atoms with Crippen LogP contribution in [-0.4, -0.2) is 11.9 Å². The molecule has 1 unspecified atom stereocenters. The molecule has 1 aromatic rings. The molecule has 23 heavy (non-hydrogen) atoms. The highest BCUT2D eigenvalue weighted by molar-refractivity contribution is 5.77. The van der Waals surface area contributed by atoms with E-state index in [1.807, 2.05) is 13.8 Å². The van der Waals surface area contributed by atoms with Crippen molar-refractivity contribution in [1.29, 1.82) is 0 Å². The molecular weight excluding hydrogens is 292 g/mol. The monoisotopic (exact) mass is 320 g/mol. The van der Waals surface area contributed by atoms with Crippen LogP contribution < -0.4 is 9.47 Å². The van der Waals surface area contributed by atoms with Gasteiger partial charge in [-0.15, -0.1) is 0 Å². The number of para-hydroxylation sites is 2. The van der Waals surface area contributed by atoms with Crippen LogP contribution in [0, 0.1) is 5.92 Å². The van der Waals surface area contributed by atoms with Crippen molar-refractivity contribution in [2.24, 2.45) is 5.92 Å². The Balaban J connectivity index is 2.53. The molecule has 0 saturated carbocycles. The summed E-state index contributed by atoms with van der Waals surface area (Å²) in [4.78, 5) is 23.8. The standard InChI is InChI=1S/C19H28O4/c1-4-6-7-8-9-14-18(20)22-16-12-10-11-13-17(16)23-19(21)15(3)5-2/h10-13,15H,4-9,14H2,1-3H3. The molecule has 0 aliphatic rings. The first-order chi connectivity index (χ1) is 11.1.